The Balaban J connectivity index is 2.50. The van der Waals surface area contributed by atoms with Crippen LogP contribution in [-0.2, 0) is 4.74 Å². The van der Waals surface area contributed by atoms with Gasteiger partial charge in [0.05, 0.1) is 29.0 Å². The van der Waals surface area contributed by atoms with E-state index in [0.717, 1.165) is 6.20 Å². The predicted molar refractivity (Wildman–Crippen MR) is 73.1 cm³/mol. The van der Waals surface area contributed by atoms with Crippen LogP contribution < -0.4 is 0 Å². The van der Waals surface area contributed by atoms with Gasteiger partial charge >= 0.3 is 5.97 Å². The van der Waals surface area contributed by atoms with Gasteiger partial charge in [-0.3, -0.25) is 10.1 Å². The van der Waals surface area contributed by atoms with Gasteiger partial charge in [0.1, 0.15) is 0 Å². The zero-order valence-electron chi connectivity index (χ0n) is 10.7. The van der Waals surface area contributed by atoms with Crippen molar-refractivity contribution in [3.05, 3.63) is 70.2 Å². The molecule has 0 saturated carbocycles. The van der Waals surface area contributed by atoms with Crippen molar-refractivity contribution in [3.63, 3.8) is 0 Å². The van der Waals surface area contributed by atoms with Gasteiger partial charge in [0.2, 0.25) is 6.20 Å². The summed E-state index contributed by atoms with van der Waals surface area (Å²) in [5, 5.41) is 10.4. The molecule has 1 aromatic carbocycles. The summed E-state index contributed by atoms with van der Waals surface area (Å²) in [6.07, 6.45) is 3.95. The van der Waals surface area contributed by atoms with Gasteiger partial charge < -0.3 is 9.30 Å². The van der Waals surface area contributed by atoms with Crippen molar-refractivity contribution in [2.45, 2.75) is 0 Å². The zero-order valence-corrected chi connectivity index (χ0v) is 10.7. The van der Waals surface area contributed by atoms with E-state index < -0.39 is 10.9 Å². The maximum atomic E-state index is 11.7. The summed E-state index contributed by atoms with van der Waals surface area (Å²) in [6, 6.07) is 10.4. The fourth-order valence-electron chi connectivity index (χ4n) is 1.85. The SMILES string of the molecule is COC(=O)c1ccccc1-n1cccc1/C=C\[N+](=O)[O-]. The minimum atomic E-state index is -0.538. The Morgan fingerprint density at radius 2 is 2.05 bits per heavy atom. The van der Waals surface area contributed by atoms with Crippen molar-refractivity contribution in [2.24, 2.45) is 0 Å². The number of rotatable bonds is 4. The molecule has 0 fully saturated rings. The van der Waals surface area contributed by atoms with Crippen molar-refractivity contribution < 1.29 is 14.5 Å². The van der Waals surface area contributed by atoms with Gasteiger partial charge in [-0.15, -0.1) is 0 Å². The molecular formula is C14H12N2O4. The summed E-state index contributed by atoms with van der Waals surface area (Å²) in [4.78, 5) is 21.6. The number of aromatic nitrogens is 1. The highest BCUT2D eigenvalue weighted by atomic mass is 16.6. The van der Waals surface area contributed by atoms with Gasteiger partial charge in [-0.25, -0.2) is 4.79 Å². The third-order valence-corrected chi connectivity index (χ3v) is 2.72. The zero-order chi connectivity index (χ0) is 14.5. The molecule has 6 nitrogen and oxygen atoms in total. The van der Waals surface area contributed by atoms with Crippen LogP contribution in [0.5, 0.6) is 0 Å². The number of ether oxygens (including phenoxy) is 1. The first-order valence-electron chi connectivity index (χ1n) is 5.80. The van der Waals surface area contributed by atoms with E-state index in [-0.39, 0.29) is 0 Å². The molecular weight excluding hydrogens is 260 g/mol. The maximum absolute atomic E-state index is 11.7. The van der Waals surface area contributed by atoms with E-state index >= 15 is 0 Å². The van der Waals surface area contributed by atoms with Crippen LogP contribution >= 0.6 is 0 Å². The lowest BCUT2D eigenvalue weighted by molar-refractivity contribution is -0.401. The van der Waals surface area contributed by atoms with E-state index in [1.165, 1.54) is 13.2 Å². The smallest absolute Gasteiger partial charge is 0.339 e. The van der Waals surface area contributed by atoms with Crippen molar-refractivity contribution in [1.82, 2.24) is 4.57 Å². The molecule has 0 amide bonds. The van der Waals surface area contributed by atoms with E-state index in [0.29, 0.717) is 16.9 Å². The van der Waals surface area contributed by atoms with E-state index in [9.17, 15) is 14.9 Å². The first-order chi connectivity index (χ1) is 9.63. The molecule has 0 atom stereocenters. The second-order valence-corrected chi connectivity index (χ2v) is 3.91. The molecule has 102 valence electrons. The highest BCUT2D eigenvalue weighted by Crippen LogP contribution is 2.19. The van der Waals surface area contributed by atoms with Crippen LogP contribution in [0.3, 0.4) is 0 Å². The van der Waals surface area contributed by atoms with Crippen LogP contribution in [0.15, 0.2) is 48.8 Å². The molecule has 0 saturated heterocycles. The molecule has 20 heavy (non-hydrogen) atoms. The van der Waals surface area contributed by atoms with Gasteiger partial charge in [-0.1, -0.05) is 12.1 Å². The largest absolute Gasteiger partial charge is 0.465 e. The molecule has 2 aromatic rings. The number of carbonyl (C=O) groups excluding carboxylic acids is 1. The van der Waals surface area contributed by atoms with Crippen molar-refractivity contribution >= 4 is 12.0 Å². The number of hydrogen-bond acceptors (Lipinski definition) is 4. The Morgan fingerprint density at radius 3 is 2.75 bits per heavy atom. The number of hydrogen-bond donors (Lipinski definition) is 0. The third-order valence-electron chi connectivity index (χ3n) is 2.72. The van der Waals surface area contributed by atoms with Crippen molar-refractivity contribution in [2.75, 3.05) is 7.11 Å². The molecule has 0 unspecified atom stereocenters. The first-order valence-corrected chi connectivity index (χ1v) is 5.80. The molecule has 0 spiro atoms. The van der Waals surface area contributed by atoms with E-state index in [1.54, 1.807) is 47.2 Å². The van der Waals surface area contributed by atoms with Crippen LogP contribution in [0.25, 0.3) is 11.8 Å². The maximum Gasteiger partial charge on any atom is 0.339 e. The summed E-state index contributed by atoms with van der Waals surface area (Å²) in [5.41, 5.74) is 1.59. The summed E-state index contributed by atoms with van der Waals surface area (Å²) < 4.78 is 6.42. The summed E-state index contributed by atoms with van der Waals surface area (Å²) in [6.45, 7) is 0. The van der Waals surface area contributed by atoms with Crippen LogP contribution in [0.1, 0.15) is 16.1 Å². The minimum Gasteiger partial charge on any atom is -0.465 e. The molecule has 1 aromatic heterocycles. The third kappa shape index (κ3) is 2.74. The number of methoxy groups -OCH3 is 1. The number of nitro groups is 1. The van der Waals surface area contributed by atoms with Gasteiger partial charge in [-0.2, -0.15) is 0 Å². The molecule has 2 rings (SSSR count). The Hall–Kier alpha value is -2.89. The van der Waals surface area contributed by atoms with Crippen LogP contribution in [0, 0.1) is 10.1 Å². The first kappa shape index (κ1) is 13.5. The van der Waals surface area contributed by atoms with Crippen LogP contribution in [-0.4, -0.2) is 22.6 Å². The Bertz CT molecular complexity index is 673. The Labute approximate surface area is 115 Å². The van der Waals surface area contributed by atoms with Gasteiger partial charge in [0.25, 0.3) is 0 Å². The molecule has 0 N–H and O–H groups in total. The summed E-state index contributed by atoms with van der Waals surface area (Å²) in [7, 11) is 1.31. The van der Waals surface area contributed by atoms with Crippen LogP contribution in [0.2, 0.25) is 0 Å². The Morgan fingerprint density at radius 1 is 1.30 bits per heavy atom. The highest BCUT2D eigenvalue weighted by Gasteiger charge is 2.13. The number of carbonyl (C=O) groups is 1. The lowest BCUT2D eigenvalue weighted by Crippen LogP contribution is -2.07. The fraction of sp³-hybridized carbons (Fsp3) is 0.0714. The monoisotopic (exact) mass is 272 g/mol. The average Bonchev–Trinajstić information content (AvgIpc) is 2.92. The normalized spacial score (nSPS) is 10.7. The van der Waals surface area contributed by atoms with Crippen molar-refractivity contribution in [3.8, 4) is 5.69 Å². The molecule has 0 aliphatic heterocycles. The quantitative estimate of drug-likeness (QED) is 0.487. The van der Waals surface area contributed by atoms with E-state index in [1.807, 2.05) is 0 Å². The molecule has 0 bridgehead atoms. The second-order valence-electron chi connectivity index (χ2n) is 3.91. The number of para-hydroxylation sites is 1. The van der Waals surface area contributed by atoms with E-state index in [4.69, 9.17) is 4.74 Å². The predicted octanol–water partition coefficient (Wildman–Crippen LogP) is 2.51. The van der Waals surface area contributed by atoms with Gasteiger partial charge in [0.15, 0.2) is 0 Å². The standard InChI is InChI=1S/C14H12N2O4/c1-20-14(17)12-6-2-3-7-13(12)15-9-4-5-11(15)8-10-16(18)19/h2-10H,1H3/b10-8-. The highest BCUT2D eigenvalue weighted by molar-refractivity contribution is 5.93. The minimum absolute atomic E-state index is 0.391. The number of esters is 1. The molecule has 0 aliphatic rings. The average molecular weight is 272 g/mol. The topological polar surface area (TPSA) is 74.4 Å². The second kappa shape index (κ2) is 5.83. The summed E-state index contributed by atoms with van der Waals surface area (Å²) >= 11 is 0. The van der Waals surface area contributed by atoms with Gasteiger partial charge in [0, 0.05) is 12.3 Å². The van der Waals surface area contributed by atoms with E-state index in [2.05, 4.69) is 0 Å². The molecule has 1 heterocycles. The number of benzene rings is 1. The van der Waals surface area contributed by atoms with Gasteiger partial charge in [-0.05, 0) is 24.3 Å². The number of nitrogens with zero attached hydrogens (tertiary/aromatic N) is 2. The molecule has 0 radical (unpaired) electrons. The van der Waals surface area contributed by atoms with Crippen molar-refractivity contribution in [1.29, 1.82) is 0 Å². The lowest BCUT2D eigenvalue weighted by atomic mass is 10.1. The Kier molecular flexibility index (Phi) is 3.95. The molecule has 6 heteroatoms. The lowest BCUT2D eigenvalue weighted by Gasteiger charge is -2.10. The fourth-order valence-corrected chi connectivity index (χ4v) is 1.85. The molecule has 0 aliphatic carbocycles. The summed E-state index contributed by atoms with van der Waals surface area (Å²) in [5.74, 6) is -0.460. The van der Waals surface area contributed by atoms with Crippen LogP contribution in [0.4, 0.5) is 0 Å².